The predicted octanol–water partition coefficient (Wildman–Crippen LogP) is 12.8. The average Bonchev–Trinajstić information content (AvgIpc) is 3.50. The van der Waals surface area contributed by atoms with Crippen LogP contribution < -0.4 is 0 Å². The van der Waals surface area contributed by atoms with Gasteiger partial charge in [0.25, 0.3) is 0 Å². The number of fused-ring (bicyclic) bond motifs is 8. The van der Waals surface area contributed by atoms with Crippen LogP contribution in [-0.2, 0) is 0 Å². The highest BCUT2D eigenvalue weighted by molar-refractivity contribution is 5.81. The molecule has 0 spiro atoms. The van der Waals surface area contributed by atoms with E-state index in [-0.39, 0.29) is 43.3 Å². The van der Waals surface area contributed by atoms with Gasteiger partial charge in [-0.25, -0.2) is 0 Å². The maximum absolute atomic E-state index is 4.44. The summed E-state index contributed by atoms with van der Waals surface area (Å²) in [5, 5.41) is 0. The van der Waals surface area contributed by atoms with Crippen molar-refractivity contribution in [1.82, 2.24) is 0 Å². The van der Waals surface area contributed by atoms with Crippen molar-refractivity contribution in [1.29, 1.82) is 0 Å². The third-order valence-electron chi connectivity index (χ3n) is 16.0. The molecule has 0 saturated heterocycles. The minimum Gasteiger partial charge on any atom is -0.0771 e. The van der Waals surface area contributed by atoms with E-state index in [1.165, 1.54) is 50.1 Å². The van der Waals surface area contributed by atoms with Gasteiger partial charge < -0.3 is 0 Å². The zero-order valence-corrected chi connectivity index (χ0v) is 31.4. The van der Waals surface area contributed by atoms with Crippen molar-refractivity contribution in [2.45, 2.75) is 96.4 Å². The summed E-state index contributed by atoms with van der Waals surface area (Å²) in [5.41, 5.74) is 11.6. The molecule has 7 unspecified atom stereocenters. The minimum absolute atomic E-state index is 0.119. The van der Waals surface area contributed by atoms with Crippen LogP contribution >= 0.6 is 0 Å². The Morgan fingerprint density at radius 2 is 1.23 bits per heavy atom. The normalized spacial score (nSPS) is 43.0. The summed E-state index contributed by atoms with van der Waals surface area (Å²) in [6.45, 7) is 32.3. The number of hydrogen-bond acceptors (Lipinski definition) is 0. The molecule has 2 saturated carbocycles. The molecule has 7 atom stereocenters. The van der Waals surface area contributed by atoms with Gasteiger partial charge in [-0.05, 0) is 76.9 Å². The van der Waals surface area contributed by atoms with Gasteiger partial charge >= 0.3 is 0 Å². The van der Waals surface area contributed by atoms with Gasteiger partial charge in [0.2, 0.25) is 0 Å². The highest BCUT2D eigenvalue weighted by Gasteiger charge is 2.84. The molecule has 1 aromatic carbocycles. The van der Waals surface area contributed by atoms with Crippen LogP contribution in [0.2, 0.25) is 0 Å². The molecule has 0 heteroatoms. The molecule has 0 aromatic heterocycles. The Hall–Kier alpha value is -3.12. The number of hydrogen-bond donors (Lipinski definition) is 0. The summed E-state index contributed by atoms with van der Waals surface area (Å²) in [4.78, 5) is 0. The predicted molar refractivity (Wildman–Crippen MR) is 201 cm³/mol. The fourth-order valence-electron chi connectivity index (χ4n) is 11.9. The van der Waals surface area contributed by atoms with E-state index >= 15 is 0 Å². The monoisotopic (exact) mass is 620 g/mol. The SMILES string of the molecule is CC1=C(C2=C(C)C3(C)C(=C/C2=C(\C)c2ccccc2)[C]C2(C)C4(C)C=CC=CC4(C)C4(C)C=CC=CC4(C)C32C)CC(C(C)(C)C)=C1. The lowest BCUT2D eigenvalue weighted by atomic mass is 9.24. The van der Waals surface area contributed by atoms with Crippen LogP contribution in [0.15, 0.2) is 130 Å². The molecule has 0 nitrogen and oxygen atoms in total. The maximum Gasteiger partial charge on any atom is 0.0210 e. The van der Waals surface area contributed by atoms with Crippen LogP contribution in [0.5, 0.6) is 0 Å². The molecule has 0 N–H and O–H groups in total. The lowest BCUT2D eigenvalue weighted by Gasteiger charge is -2.79. The molecule has 0 heterocycles. The Labute approximate surface area is 286 Å². The molecular formula is C47H56. The molecule has 0 amide bonds. The molecular weight excluding hydrogens is 565 g/mol. The van der Waals surface area contributed by atoms with Gasteiger partial charge in [-0.15, -0.1) is 0 Å². The largest absolute Gasteiger partial charge is 0.0771 e. The Morgan fingerprint density at radius 3 is 1.79 bits per heavy atom. The van der Waals surface area contributed by atoms with E-state index in [1.807, 2.05) is 0 Å². The van der Waals surface area contributed by atoms with Crippen molar-refractivity contribution < 1.29 is 0 Å². The lowest BCUT2D eigenvalue weighted by molar-refractivity contribution is -0.253. The van der Waals surface area contributed by atoms with E-state index in [4.69, 9.17) is 0 Å². The van der Waals surface area contributed by atoms with Crippen LogP contribution in [0.1, 0.15) is 102 Å². The average molecular weight is 621 g/mol. The molecule has 2 radical (unpaired) electrons. The molecule has 7 rings (SSSR count). The highest BCUT2D eigenvalue weighted by Crippen LogP contribution is 2.89. The molecule has 6 aliphatic carbocycles. The van der Waals surface area contributed by atoms with Gasteiger partial charge in [0.05, 0.1) is 0 Å². The molecule has 0 bridgehead atoms. The summed E-state index contributed by atoms with van der Waals surface area (Å²) in [5.74, 6) is 0. The summed E-state index contributed by atoms with van der Waals surface area (Å²) >= 11 is 0. The molecule has 6 aliphatic rings. The number of benzene rings is 1. The fourth-order valence-corrected chi connectivity index (χ4v) is 11.9. The van der Waals surface area contributed by atoms with Gasteiger partial charge in [-0.1, -0.05) is 177 Å². The first-order valence-corrected chi connectivity index (χ1v) is 17.9. The molecule has 0 aliphatic heterocycles. The van der Waals surface area contributed by atoms with Gasteiger partial charge in [-0.3, -0.25) is 0 Å². The van der Waals surface area contributed by atoms with E-state index in [0.29, 0.717) is 0 Å². The van der Waals surface area contributed by atoms with Crippen molar-refractivity contribution in [2.75, 3.05) is 0 Å². The fraction of sp³-hybridized carbons (Fsp3) is 0.468. The van der Waals surface area contributed by atoms with E-state index in [0.717, 1.165) is 6.42 Å². The first kappa shape index (κ1) is 32.4. The smallest absolute Gasteiger partial charge is 0.0210 e. The van der Waals surface area contributed by atoms with Crippen LogP contribution in [0, 0.1) is 49.7 Å². The minimum atomic E-state index is -0.267. The first-order chi connectivity index (χ1) is 21.8. The van der Waals surface area contributed by atoms with Crippen molar-refractivity contribution in [3.05, 3.63) is 142 Å². The second kappa shape index (κ2) is 9.52. The Morgan fingerprint density at radius 1 is 0.702 bits per heavy atom. The topological polar surface area (TPSA) is 0 Å². The number of allylic oxidation sites excluding steroid dienone is 18. The third kappa shape index (κ3) is 3.41. The van der Waals surface area contributed by atoms with E-state index < -0.39 is 0 Å². The summed E-state index contributed by atoms with van der Waals surface area (Å²) in [7, 11) is 0. The van der Waals surface area contributed by atoms with Crippen LogP contribution in [-0.4, -0.2) is 0 Å². The second-order valence-corrected chi connectivity index (χ2v) is 18.0. The Bertz CT molecular complexity index is 1870. The van der Waals surface area contributed by atoms with Crippen LogP contribution in [0.3, 0.4) is 0 Å². The van der Waals surface area contributed by atoms with E-state index in [2.05, 4.69) is 188 Å². The summed E-state index contributed by atoms with van der Waals surface area (Å²) in [6.07, 6.45) is 30.0. The van der Waals surface area contributed by atoms with Crippen molar-refractivity contribution in [3.63, 3.8) is 0 Å². The summed E-state index contributed by atoms with van der Waals surface area (Å²) in [6, 6.07) is 11.0. The highest BCUT2D eigenvalue weighted by atomic mass is 14.9. The van der Waals surface area contributed by atoms with Gasteiger partial charge in [-0.2, -0.15) is 0 Å². The van der Waals surface area contributed by atoms with Crippen molar-refractivity contribution in [2.24, 2.45) is 43.3 Å². The zero-order valence-electron chi connectivity index (χ0n) is 31.4. The third-order valence-corrected chi connectivity index (χ3v) is 16.0. The molecule has 1 aromatic rings. The summed E-state index contributed by atoms with van der Waals surface area (Å²) < 4.78 is 0. The van der Waals surface area contributed by atoms with Gasteiger partial charge in [0.1, 0.15) is 0 Å². The molecule has 244 valence electrons. The Kier molecular flexibility index (Phi) is 6.57. The molecule has 47 heavy (non-hydrogen) atoms. The molecule has 2 fully saturated rings. The van der Waals surface area contributed by atoms with Crippen LogP contribution in [0.4, 0.5) is 0 Å². The Balaban J connectivity index is 1.58. The van der Waals surface area contributed by atoms with Gasteiger partial charge in [0, 0.05) is 33.5 Å². The second-order valence-electron chi connectivity index (χ2n) is 18.0. The van der Waals surface area contributed by atoms with Crippen molar-refractivity contribution in [3.8, 4) is 0 Å². The first-order valence-electron chi connectivity index (χ1n) is 17.9. The van der Waals surface area contributed by atoms with Crippen LogP contribution in [0.25, 0.3) is 5.57 Å². The maximum atomic E-state index is 4.44. The van der Waals surface area contributed by atoms with Crippen molar-refractivity contribution >= 4 is 5.57 Å². The van der Waals surface area contributed by atoms with E-state index in [1.54, 1.807) is 0 Å². The van der Waals surface area contributed by atoms with E-state index in [9.17, 15) is 0 Å². The zero-order chi connectivity index (χ0) is 34.2. The standard InChI is InChI=1S/C47H56/c1-31-27-35(40(4,5)6)28-37(31)39-33(3)46(12)36(29-38(39)32(2)34-21-15-14-16-22-34)30-45(11)43(9)25-18-17-23-41(43,7)42(8)24-19-20-26-44(42,10)47(45,46)13/h14-27,29H,28H2,1-13H3/b38-32-. The lowest BCUT2D eigenvalue weighted by Crippen LogP contribution is -2.75. The quantitative estimate of drug-likeness (QED) is 0.309. The number of rotatable bonds is 2. The van der Waals surface area contributed by atoms with Gasteiger partial charge in [0.15, 0.2) is 0 Å².